The average Bonchev–Trinajstić information content (AvgIpc) is 2.80. The lowest BCUT2D eigenvalue weighted by Gasteiger charge is -2.01. The molecule has 1 aromatic heterocycles. The van der Waals surface area contributed by atoms with Crippen molar-refractivity contribution in [2.75, 3.05) is 0 Å². The van der Waals surface area contributed by atoms with Crippen LogP contribution in [0.4, 0.5) is 0 Å². The van der Waals surface area contributed by atoms with E-state index in [0.717, 1.165) is 5.01 Å². The molecule has 0 saturated carbocycles. The maximum Gasteiger partial charge on any atom is 0.246 e. The quantitative estimate of drug-likeness (QED) is 0.452. The molecule has 0 fully saturated rings. The Morgan fingerprint density at radius 3 is 3.00 bits per heavy atom. The molecule has 7 heteroatoms. The number of hydrogen-bond acceptors (Lipinski definition) is 6. The van der Waals surface area contributed by atoms with Crippen molar-refractivity contribution in [1.82, 2.24) is 10.4 Å². The summed E-state index contributed by atoms with van der Waals surface area (Å²) >= 11 is 1.48. The van der Waals surface area contributed by atoms with Gasteiger partial charge in [-0.15, -0.1) is 11.3 Å². The molecule has 0 aliphatic rings. The lowest BCUT2D eigenvalue weighted by Crippen LogP contribution is -2.19. The third-order valence-corrected chi connectivity index (χ3v) is 3.27. The van der Waals surface area contributed by atoms with Crippen molar-refractivity contribution in [2.24, 2.45) is 5.10 Å². The van der Waals surface area contributed by atoms with Crippen LogP contribution in [0.15, 0.2) is 28.7 Å². The first kappa shape index (κ1) is 14.0. The van der Waals surface area contributed by atoms with Crippen LogP contribution in [0, 0.1) is 6.92 Å². The Kier molecular flexibility index (Phi) is 4.31. The number of phenolic OH excluding ortho intramolecular Hbond substituents is 2. The van der Waals surface area contributed by atoms with Crippen LogP contribution in [0.1, 0.15) is 16.3 Å². The maximum atomic E-state index is 11.6. The molecule has 1 amide bonds. The largest absolute Gasteiger partial charge is 0.504 e. The van der Waals surface area contributed by atoms with Gasteiger partial charge in [-0.3, -0.25) is 4.79 Å². The van der Waals surface area contributed by atoms with E-state index in [9.17, 15) is 15.0 Å². The lowest BCUT2D eigenvalue weighted by atomic mass is 10.2. The first-order valence-corrected chi connectivity index (χ1v) is 6.68. The average molecular weight is 291 g/mol. The van der Waals surface area contributed by atoms with Crippen molar-refractivity contribution in [3.8, 4) is 11.5 Å². The van der Waals surface area contributed by atoms with Gasteiger partial charge in [0.2, 0.25) is 5.91 Å². The number of para-hydroxylation sites is 1. The van der Waals surface area contributed by atoms with Gasteiger partial charge in [-0.05, 0) is 19.1 Å². The molecule has 1 aromatic carbocycles. The Bertz CT molecular complexity index is 652. The number of carbonyl (C=O) groups excluding carboxylic acids is 1. The number of benzene rings is 1. The number of aromatic hydroxyl groups is 2. The number of rotatable bonds is 4. The minimum atomic E-state index is -0.300. The van der Waals surface area contributed by atoms with Gasteiger partial charge in [0.15, 0.2) is 11.5 Å². The van der Waals surface area contributed by atoms with Crippen LogP contribution in [-0.2, 0) is 11.2 Å². The zero-order chi connectivity index (χ0) is 14.5. The Labute approximate surface area is 119 Å². The van der Waals surface area contributed by atoms with Crippen LogP contribution in [0.25, 0.3) is 0 Å². The molecule has 2 rings (SSSR count). The summed E-state index contributed by atoms with van der Waals surface area (Å²) < 4.78 is 0. The molecule has 3 N–H and O–H groups in total. The number of thiazole rings is 1. The second-order valence-electron chi connectivity index (χ2n) is 4.04. The van der Waals surface area contributed by atoms with Crippen molar-refractivity contribution < 1.29 is 15.0 Å². The molecule has 0 atom stereocenters. The molecule has 6 nitrogen and oxygen atoms in total. The summed E-state index contributed by atoms with van der Waals surface area (Å²) in [6.07, 6.45) is 1.41. The van der Waals surface area contributed by atoms with E-state index >= 15 is 0 Å². The van der Waals surface area contributed by atoms with Gasteiger partial charge in [0.25, 0.3) is 0 Å². The third kappa shape index (κ3) is 3.55. The minimum absolute atomic E-state index is 0.147. The van der Waals surface area contributed by atoms with Crippen LogP contribution >= 0.6 is 11.3 Å². The first-order chi connectivity index (χ1) is 9.56. The summed E-state index contributed by atoms with van der Waals surface area (Å²) in [5, 5.41) is 25.3. The third-order valence-electron chi connectivity index (χ3n) is 2.45. The van der Waals surface area contributed by atoms with Gasteiger partial charge in [-0.25, -0.2) is 10.4 Å². The number of amides is 1. The van der Waals surface area contributed by atoms with Gasteiger partial charge < -0.3 is 10.2 Å². The molecule has 0 saturated heterocycles. The molecule has 20 heavy (non-hydrogen) atoms. The fraction of sp³-hybridized carbons (Fsp3) is 0.154. The number of nitrogens with zero attached hydrogens (tertiary/aromatic N) is 2. The van der Waals surface area contributed by atoms with E-state index in [0.29, 0.717) is 11.3 Å². The fourth-order valence-electron chi connectivity index (χ4n) is 1.52. The molecule has 0 unspecified atom stereocenters. The molecule has 0 radical (unpaired) electrons. The van der Waals surface area contributed by atoms with E-state index < -0.39 is 0 Å². The number of hydrazone groups is 1. The van der Waals surface area contributed by atoms with Gasteiger partial charge in [0.1, 0.15) is 0 Å². The maximum absolute atomic E-state index is 11.6. The molecule has 1 heterocycles. The lowest BCUT2D eigenvalue weighted by molar-refractivity contribution is -0.120. The van der Waals surface area contributed by atoms with Crippen LogP contribution in [-0.4, -0.2) is 27.3 Å². The SMILES string of the molecule is Cc1nc(CC(=O)NN=Cc2cccc(O)c2O)cs1. The van der Waals surface area contributed by atoms with E-state index in [1.165, 1.54) is 23.6 Å². The first-order valence-electron chi connectivity index (χ1n) is 5.80. The number of phenols is 2. The fourth-order valence-corrected chi connectivity index (χ4v) is 2.13. The number of hydrogen-bond donors (Lipinski definition) is 3. The van der Waals surface area contributed by atoms with E-state index in [-0.39, 0.29) is 23.8 Å². The summed E-state index contributed by atoms with van der Waals surface area (Å²) in [6.45, 7) is 1.87. The second kappa shape index (κ2) is 6.16. The van der Waals surface area contributed by atoms with Crippen LogP contribution in [0.2, 0.25) is 0 Å². The number of aromatic nitrogens is 1. The van der Waals surface area contributed by atoms with Crippen molar-refractivity contribution in [3.63, 3.8) is 0 Å². The number of carbonyl (C=O) groups is 1. The van der Waals surface area contributed by atoms with Gasteiger partial charge in [0.05, 0.1) is 23.3 Å². The van der Waals surface area contributed by atoms with E-state index in [1.807, 2.05) is 12.3 Å². The molecular formula is C13H13N3O3S. The summed E-state index contributed by atoms with van der Waals surface area (Å²) in [5.41, 5.74) is 3.35. The minimum Gasteiger partial charge on any atom is -0.504 e. The topological polar surface area (TPSA) is 94.8 Å². The van der Waals surface area contributed by atoms with Crippen LogP contribution < -0.4 is 5.43 Å². The smallest absolute Gasteiger partial charge is 0.246 e. The summed E-state index contributed by atoms with van der Waals surface area (Å²) in [5.74, 6) is -0.815. The van der Waals surface area contributed by atoms with Gasteiger partial charge >= 0.3 is 0 Å². The highest BCUT2D eigenvalue weighted by atomic mass is 32.1. The van der Waals surface area contributed by atoms with Gasteiger partial charge in [0, 0.05) is 10.9 Å². The number of nitrogens with one attached hydrogen (secondary N) is 1. The zero-order valence-corrected chi connectivity index (χ0v) is 11.5. The van der Waals surface area contributed by atoms with Crippen molar-refractivity contribution in [2.45, 2.75) is 13.3 Å². The standard InChI is InChI=1S/C13H13N3O3S/c1-8-15-10(7-20-8)5-12(18)16-14-6-9-3-2-4-11(17)13(9)19/h2-4,6-7,17,19H,5H2,1H3,(H,16,18). The van der Waals surface area contributed by atoms with E-state index in [2.05, 4.69) is 15.5 Å². The second-order valence-corrected chi connectivity index (χ2v) is 5.11. The summed E-state index contributed by atoms with van der Waals surface area (Å²) in [6, 6.07) is 4.49. The molecule has 0 bridgehead atoms. The predicted molar refractivity (Wildman–Crippen MR) is 76.1 cm³/mol. The molecular weight excluding hydrogens is 278 g/mol. The van der Waals surface area contributed by atoms with Gasteiger partial charge in [-0.1, -0.05) is 6.07 Å². The van der Waals surface area contributed by atoms with Crippen LogP contribution in [0.3, 0.4) is 0 Å². The molecule has 0 spiro atoms. The van der Waals surface area contributed by atoms with Crippen molar-refractivity contribution in [3.05, 3.63) is 39.8 Å². The molecule has 2 aromatic rings. The zero-order valence-electron chi connectivity index (χ0n) is 10.7. The Hall–Kier alpha value is -2.41. The molecule has 104 valence electrons. The normalized spacial score (nSPS) is 10.8. The Balaban J connectivity index is 1.93. The summed E-state index contributed by atoms with van der Waals surface area (Å²) in [7, 11) is 0. The van der Waals surface area contributed by atoms with Gasteiger partial charge in [-0.2, -0.15) is 5.10 Å². The Morgan fingerprint density at radius 1 is 1.50 bits per heavy atom. The summed E-state index contributed by atoms with van der Waals surface area (Å²) in [4.78, 5) is 15.8. The highest BCUT2D eigenvalue weighted by molar-refractivity contribution is 7.09. The highest BCUT2D eigenvalue weighted by Gasteiger charge is 2.06. The monoisotopic (exact) mass is 291 g/mol. The predicted octanol–water partition coefficient (Wildman–Crippen LogP) is 1.56. The van der Waals surface area contributed by atoms with Crippen molar-refractivity contribution in [1.29, 1.82) is 0 Å². The number of aryl methyl sites for hydroxylation is 1. The van der Waals surface area contributed by atoms with Crippen molar-refractivity contribution >= 4 is 23.5 Å². The van der Waals surface area contributed by atoms with E-state index in [1.54, 1.807) is 12.1 Å². The Morgan fingerprint density at radius 2 is 2.30 bits per heavy atom. The van der Waals surface area contributed by atoms with Crippen LogP contribution in [0.5, 0.6) is 11.5 Å². The molecule has 0 aliphatic carbocycles. The molecule has 0 aliphatic heterocycles. The van der Waals surface area contributed by atoms with E-state index in [4.69, 9.17) is 0 Å². The highest BCUT2D eigenvalue weighted by Crippen LogP contribution is 2.26.